The lowest BCUT2D eigenvalue weighted by molar-refractivity contribution is -0.298. The maximum Gasteiger partial charge on any atom is 0.192 e. The summed E-state index contributed by atoms with van der Waals surface area (Å²) in [4.78, 5) is 13.0. The van der Waals surface area contributed by atoms with Crippen molar-refractivity contribution in [3.05, 3.63) is 24.8 Å². The van der Waals surface area contributed by atoms with Crippen LogP contribution in [0.4, 0.5) is 0 Å². The average molecular weight is 479 g/mol. The third-order valence-electron chi connectivity index (χ3n) is 8.96. The van der Waals surface area contributed by atoms with E-state index in [9.17, 15) is 9.90 Å². The molecule has 2 aliphatic carbocycles. The number of ether oxygens (including phenoxy) is 2. The van der Waals surface area contributed by atoms with Gasteiger partial charge in [-0.15, -0.1) is 6.58 Å². The Morgan fingerprint density at radius 1 is 1.30 bits per heavy atom. The molecule has 188 valence electrons. The Morgan fingerprint density at radius 3 is 2.42 bits per heavy atom. The van der Waals surface area contributed by atoms with Crippen LogP contribution in [0.3, 0.4) is 0 Å². The zero-order valence-corrected chi connectivity index (χ0v) is 23.2. The molecule has 3 aliphatic rings. The van der Waals surface area contributed by atoms with Crippen molar-refractivity contribution in [2.75, 3.05) is 6.61 Å². The van der Waals surface area contributed by atoms with Gasteiger partial charge in [0.25, 0.3) is 0 Å². The van der Waals surface area contributed by atoms with Gasteiger partial charge in [0.05, 0.1) is 24.4 Å². The first-order valence-electron chi connectivity index (χ1n) is 12.5. The van der Waals surface area contributed by atoms with E-state index in [4.69, 9.17) is 13.9 Å². The van der Waals surface area contributed by atoms with Gasteiger partial charge >= 0.3 is 0 Å². The van der Waals surface area contributed by atoms with Gasteiger partial charge in [-0.05, 0) is 51.2 Å². The fourth-order valence-electron chi connectivity index (χ4n) is 6.11. The minimum atomic E-state index is -2.18. The first kappa shape index (κ1) is 26.8. The van der Waals surface area contributed by atoms with Crippen LogP contribution in [0.15, 0.2) is 24.8 Å². The number of hydrogen-bond acceptors (Lipinski definition) is 5. The summed E-state index contributed by atoms with van der Waals surface area (Å²) in [5, 5.41) is 12.6. The number of rotatable bonds is 5. The summed E-state index contributed by atoms with van der Waals surface area (Å²) in [6, 6.07) is 0. The minimum absolute atomic E-state index is 0.0190. The third kappa shape index (κ3) is 4.58. The van der Waals surface area contributed by atoms with Crippen molar-refractivity contribution in [2.45, 2.75) is 103 Å². The van der Waals surface area contributed by atoms with Crippen molar-refractivity contribution in [2.24, 2.45) is 29.6 Å². The van der Waals surface area contributed by atoms with E-state index >= 15 is 0 Å². The fraction of sp³-hybridized carbons (Fsp3) is 0.815. The molecule has 3 rings (SSSR count). The number of allylic oxidation sites excluding steroid dienone is 1. The normalized spacial score (nSPS) is 41.5. The van der Waals surface area contributed by atoms with Crippen molar-refractivity contribution in [1.82, 2.24) is 0 Å². The van der Waals surface area contributed by atoms with E-state index in [1.54, 1.807) is 6.08 Å². The Morgan fingerprint density at radius 2 is 1.91 bits per heavy atom. The van der Waals surface area contributed by atoms with Crippen LogP contribution in [0.1, 0.15) is 61.3 Å². The van der Waals surface area contributed by atoms with Crippen LogP contribution in [0.2, 0.25) is 18.1 Å². The van der Waals surface area contributed by atoms with Gasteiger partial charge in [-0.1, -0.05) is 45.9 Å². The lowest BCUT2D eigenvalue weighted by Crippen LogP contribution is -2.62. The van der Waals surface area contributed by atoms with Gasteiger partial charge in [-0.25, -0.2) is 0 Å². The van der Waals surface area contributed by atoms with E-state index in [1.807, 2.05) is 27.7 Å². The molecule has 0 unspecified atom stereocenters. The highest BCUT2D eigenvalue weighted by Crippen LogP contribution is 2.56. The van der Waals surface area contributed by atoms with Crippen LogP contribution in [-0.4, -0.2) is 49.4 Å². The van der Waals surface area contributed by atoms with E-state index in [-0.39, 0.29) is 40.8 Å². The standard InChI is InChI=1S/C27H46O5Si/c1-12-19-22(16(2)3)21(28)13-17(4)27(19,29)20-14-18-15-30-26(8,9)31-23(18)24(20)32-33(10,11)25(5,6)7/h12,17-20,22-24,29H,1-2,13-15H2,3-11H3/t17-,18-,19+,20-,22+,23+,24+,27-/m0/s1. The smallest absolute Gasteiger partial charge is 0.192 e. The van der Waals surface area contributed by atoms with Gasteiger partial charge in [-0.2, -0.15) is 0 Å². The Balaban J connectivity index is 2.10. The molecule has 2 saturated carbocycles. The molecule has 1 N–H and O–H groups in total. The molecule has 0 radical (unpaired) electrons. The van der Waals surface area contributed by atoms with Gasteiger partial charge in [0.15, 0.2) is 14.1 Å². The predicted molar refractivity (Wildman–Crippen MR) is 134 cm³/mol. The van der Waals surface area contributed by atoms with Crippen molar-refractivity contribution in [1.29, 1.82) is 0 Å². The molecule has 5 nitrogen and oxygen atoms in total. The zero-order chi connectivity index (χ0) is 25.1. The summed E-state index contributed by atoms with van der Waals surface area (Å²) >= 11 is 0. The predicted octanol–water partition coefficient (Wildman–Crippen LogP) is 5.50. The van der Waals surface area contributed by atoms with Gasteiger partial charge in [0.1, 0.15) is 5.78 Å². The first-order chi connectivity index (χ1) is 15.0. The van der Waals surface area contributed by atoms with Crippen molar-refractivity contribution in [3.8, 4) is 0 Å². The Labute approximate surface area is 202 Å². The second-order valence-corrected chi connectivity index (χ2v) is 17.5. The number of ketones is 1. The maximum atomic E-state index is 13.0. The van der Waals surface area contributed by atoms with Crippen molar-refractivity contribution in [3.63, 3.8) is 0 Å². The van der Waals surface area contributed by atoms with Gasteiger partial charge in [0, 0.05) is 30.1 Å². The summed E-state index contributed by atoms with van der Waals surface area (Å²) in [7, 11) is -2.18. The lowest BCUT2D eigenvalue weighted by Gasteiger charge is -2.53. The van der Waals surface area contributed by atoms with E-state index in [0.717, 1.165) is 12.0 Å². The minimum Gasteiger partial charge on any atom is -0.411 e. The maximum absolute atomic E-state index is 13.0. The molecule has 0 bridgehead atoms. The Hall–Kier alpha value is -0.793. The second kappa shape index (κ2) is 8.70. The van der Waals surface area contributed by atoms with E-state index in [2.05, 4.69) is 47.0 Å². The van der Waals surface area contributed by atoms with Crippen LogP contribution in [0.5, 0.6) is 0 Å². The SMILES string of the molecule is C=C[C@@H]1[C@@H](C(=C)C)C(=O)C[C@H](C)[C@@]1(O)[C@H]1C[C@H]2COC(C)(C)O[C@H]2[C@@H]1O[Si](C)(C)C(C)(C)C. The molecule has 0 amide bonds. The monoisotopic (exact) mass is 478 g/mol. The molecule has 0 spiro atoms. The average Bonchev–Trinajstić information content (AvgIpc) is 2.99. The molecule has 8 atom stereocenters. The summed E-state index contributed by atoms with van der Waals surface area (Å²) in [6.45, 7) is 27.7. The quantitative estimate of drug-likeness (QED) is 0.418. The van der Waals surface area contributed by atoms with Crippen LogP contribution < -0.4 is 0 Å². The van der Waals surface area contributed by atoms with Gasteiger partial charge in [0.2, 0.25) is 0 Å². The number of Topliss-reactive ketones (excluding diaryl/α,β-unsaturated/α-hetero) is 1. The molecule has 6 heteroatoms. The number of aliphatic hydroxyl groups is 1. The summed E-state index contributed by atoms with van der Waals surface area (Å²) in [6.07, 6.45) is 2.42. The van der Waals surface area contributed by atoms with Crippen molar-refractivity contribution >= 4 is 14.1 Å². The molecule has 0 aromatic rings. The topological polar surface area (TPSA) is 65.0 Å². The van der Waals surface area contributed by atoms with Gasteiger partial charge in [-0.3, -0.25) is 4.79 Å². The molecular formula is C27H46O5Si. The lowest BCUT2D eigenvalue weighted by atomic mass is 9.57. The van der Waals surface area contributed by atoms with Crippen molar-refractivity contribution < 1.29 is 23.8 Å². The van der Waals surface area contributed by atoms with E-state index in [1.165, 1.54) is 0 Å². The number of carbonyl (C=O) groups is 1. The molecule has 1 heterocycles. The summed E-state index contributed by atoms with van der Waals surface area (Å²) < 4.78 is 19.6. The molecular weight excluding hydrogens is 432 g/mol. The highest BCUT2D eigenvalue weighted by atomic mass is 28.4. The van der Waals surface area contributed by atoms with Gasteiger partial charge < -0.3 is 19.0 Å². The van der Waals surface area contributed by atoms with Crippen LogP contribution in [-0.2, 0) is 18.7 Å². The van der Waals surface area contributed by atoms with Crippen LogP contribution >= 0.6 is 0 Å². The molecule has 0 aromatic carbocycles. The largest absolute Gasteiger partial charge is 0.411 e. The van der Waals surface area contributed by atoms with E-state index in [0.29, 0.717) is 13.0 Å². The summed E-state index contributed by atoms with van der Waals surface area (Å²) in [5.41, 5.74) is -0.356. The highest BCUT2D eigenvalue weighted by Gasteiger charge is 2.63. The molecule has 0 aromatic heterocycles. The molecule has 1 aliphatic heterocycles. The number of fused-ring (bicyclic) bond motifs is 1. The number of hydrogen-bond donors (Lipinski definition) is 1. The van der Waals surface area contributed by atoms with Crippen LogP contribution in [0, 0.1) is 29.6 Å². The van der Waals surface area contributed by atoms with E-state index < -0.39 is 31.5 Å². The Bertz CT molecular complexity index is 797. The third-order valence-corrected chi connectivity index (χ3v) is 13.4. The molecule has 3 fully saturated rings. The van der Waals surface area contributed by atoms with Crippen LogP contribution in [0.25, 0.3) is 0 Å². The first-order valence-corrected chi connectivity index (χ1v) is 15.4. The molecule has 33 heavy (non-hydrogen) atoms. The molecule has 1 saturated heterocycles. The number of carbonyl (C=O) groups excluding carboxylic acids is 1. The second-order valence-electron chi connectivity index (χ2n) is 12.8. The fourth-order valence-corrected chi connectivity index (χ4v) is 7.44. The Kier molecular flexibility index (Phi) is 7.07. The highest BCUT2D eigenvalue weighted by molar-refractivity contribution is 6.74. The summed E-state index contributed by atoms with van der Waals surface area (Å²) in [5.74, 6) is -1.65. The zero-order valence-electron chi connectivity index (χ0n) is 22.2.